The number of hydrogen-bond acceptors (Lipinski definition) is 3. The van der Waals surface area contributed by atoms with E-state index in [0.717, 1.165) is 11.8 Å². The van der Waals surface area contributed by atoms with Crippen molar-refractivity contribution in [3.8, 4) is 0 Å². The summed E-state index contributed by atoms with van der Waals surface area (Å²) in [4.78, 5) is 0. The first-order valence-electron chi connectivity index (χ1n) is 7.07. The minimum Gasteiger partial charge on any atom is -0.313 e. The molecule has 108 valence electrons. The van der Waals surface area contributed by atoms with Gasteiger partial charge in [-0.05, 0) is 38.1 Å². The second-order valence-corrected chi connectivity index (χ2v) is 7.88. The fourth-order valence-electron chi connectivity index (χ4n) is 2.86. The Morgan fingerprint density at radius 2 is 2.00 bits per heavy atom. The van der Waals surface area contributed by atoms with E-state index in [2.05, 4.69) is 23.9 Å². The second-order valence-electron chi connectivity index (χ2n) is 5.84. The van der Waals surface area contributed by atoms with E-state index in [1.165, 1.54) is 39.2 Å². The molecule has 2 unspecified atom stereocenters. The van der Waals surface area contributed by atoms with Crippen LogP contribution in [0.1, 0.15) is 46.0 Å². The standard InChI is InChI=1S/C13H28N2O2S/c1-11(2)9-12-5-4-6-13(10-12)15-7-8-18(16,17)14-3/h11-15H,4-10H2,1-3H3. The third kappa shape index (κ3) is 6.16. The largest absolute Gasteiger partial charge is 0.313 e. The van der Waals surface area contributed by atoms with E-state index in [1.807, 2.05) is 0 Å². The fraction of sp³-hybridized carbons (Fsp3) is 1.00. The summed E-state index contributed by atoms with van der Waals surface area (Å²) in [7, 11) is -1.60. The van der Waals surface area contributed by atoms with Crippen molar-refractivity contribution in [3.63, 3.8) is 0 Å². The molecule has 1 aliphatic carbocycles. The van der Waals surface area contributed by atoms with Crippen LogP contribution in [0.15, 0.2) is 0 Å². The van der Waals surface area contributed by atoms with E-state index in [0.29, 0.717) is 12.6 Å². The maximum absolute atomic E-state index is 11.3. The third-order valence-electron chi connectivity index (χ3n) is 3.70. The van der Waals surface area contributed by atoms with Gasteiger partial charge in [-0.25, -0.2) is 13.1 Å². The molecule has 1 rings (SSSR count). The molecule has 0 aliphatic heterocycles. The molecule has 0 heterocycles. The Balaban J connectivity index is 2.26. The van der Waals surface area contributed by atoms with Crippen molar-refractivity contribution < 1.29 is 8.42 Å². The highest BCUT2D eigenvalue weighted by Crippen LogP contribution is 2.29. The highest BCUT2D eigenvalue weighted by molar-refractivity contribution is 7.89. The van der Waals surface area contributed by atoms with Crippen molar-refractivity contribution in [2.24, 2.45) is 11.8 Å². The monoisotopic (exact) mass is 276 g/mol. The average molecular weight is 276 g/mol. The Morgan fingerprint density at radius 3 is 2.61 bits per heavy atom. The highest BCUT2D eigenvalue weighted by Gasteiger charge is 2.22. The minimum atomic E-state index is -3.07. The van der Waals surface area contributed by atoms with Crippen LogP contribution in [0.5, 0.6) is 0 Å². The zero-order valence-electron chi connectivity index (χ0n) is 11.9. The summed E-state index contributed by atoms with van der Waals surface area (Å²) >= 11 is 0. The van der Waals surface area contributed by atoms with E-state index in [1.54, 1.807) is 0 Å². The summed E-state index contributed by atoms with van der Waals surface area (Å²) in [5.41, 5.74) is 0. The van der Waals surface area contributed by atoms with Gasteiger partial charge in [-0.15, -0.1) is 0 Å². The second kappa shape index (κ2) is 7.46. The van der Waals surface area contributed by atoms with Crippen molar-refractivity contribution in [3.05, 3.63) is 0 Å². The van der Waals surface area contributed by atoms with Gasteiger partial charge in [0.25, 0.3) is 0 Å². The van der Waals surface area contributed by atoms with E-state index >= 15 is 0 Å². The lowest BCUT2D eigenvalue weighted by Gasteiger charge is -2.30. The van der Waals surface area contributed by atoms with Crippen molar-refractivity contribution >= 4 is 10.0 Å². The Bertz CT molecular complexity index is 328. The summed E-state index contributed by atoms with van der Waals surface area (Å²) in [6, 6.07) is 0.509. The number of nitrogens with one attached hydrogen (secondary N) is 2. The molecule has 1 aliphatic rings. The molecule has 1 fully saturated rings. The van der Waals surface area contributed by atoms with Gasteiger partial charge in [-0.1, -0.05) is 26.7 Å². The number of sulfonamides is 1. The first kappa shape index (κ1) is 15.9. The maximum atomic E-state index is 11.3. The molecule has 5 heteroatoms. The van der Waals surface area contributed by atoms with Gasteiger partial charge >= 0.3 is 0 Å². The molecule has 0 radical (unpaired) electrons. The summed E-state index contributed by atoms with van der Waals surface area (Å²) in [5, 5.41) is 3.40. The first-order valence-corrected chi connectivity index (χ1v) is 8.72. The smallest absolute Gasteiger partial charge is 0.212 e. The minimum absolute atomic E-state index is 0.175. The van der Waals surface area contributed by atoms with Crippen LogP contribution in [-0.4, -0.2) is 33.8 Å². The van der Waals surface area contributed by atoms with E-state index in [9.17, 15) is 8.42 Å². The van der Waals surface area contributed by atoms with E-state index in [4.69, 9.17) is 0 Å². The lowest BCUT2D eigenvalue weighted by molar-refractivity contribution is 0.255. The normalized spacial score (nSPS) is 25.6. The Hall–Kier alpha value is -0.130. The van der Waals surface area contributed by atoms with Crippen molar-refractivity contribution in [1.82, 2.24) is 10.0 Å². The van der Waals surface area contributed by atoms with Gasteiger partial charge in [-0.3, -0.25) is 0 Å². The van der Waals surface area contributed by atoms with Crippen LogP contribution < -0.4 is 10.0 Å². The summed E-state index contributed by atoms with van der Waals surface area (Å²) in [5.74, 6) is 1.75. The van der Waals surface area contributed by atoms with Gasteiger partial charge in [-0.2, -0.15) is 0 Å². The molecule has 0 bridgehead atoms. The molecular formula is C13H28N2O2S. The van der Waals surface area contributed by atoms with Crippen LogP contribution in [0.4, 0.5) is 0 Å². The van der Waals surface area contributed by atoms with Crippen LogP contribution in [0.3, 0.4) is 0 Å². The quantitative estimate of drug-likeness (QED) is 0.744. The summed E-state index contributed by atoms with van der Waals surface area (Å²) in [6.07, 6.45) is 6.30. The molecule has 0 aromatic carbocycles. The molecule has 2 N–H and O–H groups in total. The predicted octanol–water partition coefficient (Wildman–Crippen LogP) is 1.73. The lowest BCUT2D eigenvalue weighted by Crippen LogP contribution is -2.38. The molecule has 0 spiro atoms. The molecule has 0 amide bonds. The molecular weight excluding hydrogens is 248 g/mol. The van der Waals surface area contributed by atoms with Gasteiger partial charge in [0.05, 0.1) is 5.75 Å². The molecule has 18 heavy (non-hydrogen) atoms. The van der Waals surface area contributed by atoms with Gasteiger partial charge in [0.1, 0.15) is 0 Å². The van der Waals surface area contributed by atoms with Crippen LogP contribution in [-0.2, 0) is 10.0 Å². The first-order chi connectivity index (χ1) is 8.43. The SMILES string of the molecule is CNS(=O)(=O)CCNC1CCCC(CC(C)C)C1. The maximum Gasteiger partial charge on any atom is 0.212 e. The zero-order valence-corrected chi connectivity index (χ0v) is 12.7. The predicted molar refractivity (Wildman–Crippen MR) is 76.1 cm³/mol. The van der Waals surface area contributed by atoms with Crippen molar-refractivity contribution in [2.75, 3.05) is 19.3 Å². The van der Waals surface area contributed by atoms with Gasteiger partial charge < -0.3 is 5.32 Å². The van der Waals surface area contributed by atoms with E-state index in [-0.39, 0.29) is 5.75 Å². The fourth-order valence-corrected chi connectivity index (χ4v) is 3.45. The average Bonchev–Trinajstić information content (AvgIpc) is 2.28. The Morgan fingerprint density at radius 1 is 1.28 bits per heavy atom. The zero-order chi connectivity index (χ0) is 13.6. The summed E-state index contributed by atoms with van der Waals surface area (Å²) in [6.45, 7) is 5.11. The van der Waals surface area contributed by atoms with Crippen LogP contribution in [0.25, 0.3) is 0 Å². The molecule has 0 aromatic heterocycles. The topological polar surface area (TPSA) is 58.2 Å². The Kier molecular flexibility index (Phi) is 6.60. The van der Waals surface area contributed by atoms with Crippen molar-refractivity contribution in [1.29, 1.82) is 0 Å². The molecule has 2 atom stereocenters. The molecule has 1 saturated carbocycles. The van der Waals surface area contributed by atoms with E-state index < -0.39 is 10.0 Å². The summed E-state index contributed by atoms with van der Waals surface area (Å²) < 4.78 is 24.9. The van der Waals surface area contributed by atoms with Gasteiger partial charge in [0, 0.05) is 12.6 Å². The van der Waals surface area contributed by atoms with Crippen LogP contribution in [0.2, 0.25) is 0 Å². The van der Waals surface area contributed by atoms with Crippen molar-refractivity contribution in [2.45, 2.75) is 52.0 Å². The highest BCUT2D eigenvalue weighted by atomic mass is 32.2. The van der Waals surface area contributed by atoms with Gasteiger partial charge in [0.2, 0.25) is 10.0 Å². The van der Waals surface area contributed by atoms with Gasteiger partial charge in [0.15, 0.2) is 0 Å². The molecule has 0 aromatic rings. The molecule has 0 saturated heterocycles. The number of hydrogen-bond donors (Lipinski definition) is 2. The van der Waals surface area contributed by atoms with Crippen LogP contribution >= 0.6 is 0 Å². The molecule has 4 nitrogen and oxygen atoms in total. The lowest BCUT2D eigenvalue weighted by atomic mass is 9.81. The Labute approximate surface area is 112 Å². The number of rotatable bonds is 7. The van der Waals surface area contributed by atoms with Crippen LogP contribution in [0, 0.1) is 11.8 Å². The third-order valence-corrected chi connectivity index (χ3v) is 5.07.